The van der Waals surface area contributed by atoms with Crippen molar-refractivity contribution in [2.24, 2.45) is 10.9 Å². The maximum absolute atomic E-state index is 4.90. The Morgan fingerprint density at radius 3 is 2.73 bits per heavy atom. The van der Waals surface area contributed by atoms with E-state index in [2.05, 4.69) is 59.0 Å². The number of nitrogens with one attached hydrogen (secondary N) is 2. The summed E-state index contributed by atoms with van der Waals surface area (Å²) < 4.78 is 0. The monoisotopic (exact) mass is 488 g/mol. The van der Waals surface area contributed by atoms with Crippen LogP contribution in [-0.2, 0) is 0 Å². The second-order valence-corrected chi connectivity index (χ2v) is 8.31. The van der Waals surface area contributed by atoms with E-state index < -0.39 is 0 Å². The summed E-state index contributed by atoms with van der Waals surface area (Å²) in [4.78, 5) is 7.39. The Bertz CT molecular complexity index is 554. The Balaban J connectivity index is 0.00000243. The van der Waals surface area contributed by atoms with Crippen molar-refractivity contribution in [3.63, 3.8) is 0 Å². The van der Waals surface area contributed by atoms with Crippen LogP contribution in [0.5, 0.6) is 0 Å². The van der Waals surface area contributed by atoms with Gasteiger partial charge in [0.2, 0.25) is 0 Å². The predicted octanol–water partition coefficient (Wildman–Crippen LogP) is 3.97. The van der Waals surface area contributed by atoms with E-state index in [0.29, 0.717) is 12.0 Å². The summed E-state index contributed by atoms with van der Waals surface area (Å²) in [6.07, 6.45) is 7.31. The third kappa shape index (κ3) is 6.22. The maximum atomic E-state index is 4.90. The molecule has 3 unspecified atom stereocenters. The van der Waals surface area contributed by atoms with Gasteiger partial charge in [0.25, 0.3) is 0 Å². The summed E-state index contributed by atoms with van der Waals surface area (Å²) >= 11 is 2.00. The molecule has 0 bridgehead atoms. The van der Waals surface area contributed by atoms with Gasteiger partial charge >= 0.3 is 0 Å². The molecule has 146 valence electrons. The molecular weight excluding hydrogens is 455 g/mol. The van der Waals surface area contributed by atoms with Gasteiger partial charge < -0.3 is 15.5 Å². The molecule has 3 rings (SSSR count). The fraction of sp³-hybridized carbons (Fsp3) is 0.650. The van der Waals surface area contributed by atoms with Gasteiger partial charge in [-0.25, -0.2) is 0 Å². The van der Waals surface area contributed by atoms with Crippen molar-refractivity contribution >= 4 is 47.4 Å². The molecule has 2 fully saturated rings. The van der Waals surface area contributed by atoms with E-state index >= 15 is 0 Å². The molecule has 6 heteroatoms. The molecule has 3 atom stereocenters. The van der Waals surface area contributed by atoms with E-state index in [0.717, 1.165) is 37.4 Å². The van der Waals surface area contributed by atoms with Gasteiger partial charge in [-0.1, -0.05) is 18.2 Å². The lowest BCUT2D eigenvalue weighted by molar-refractivity contribution is 0.584. The van der Waals surface area contributed by atoms with Crippen molar-refractivity contribution in [2.45, 2.75) is 43.9 Å². The minimum Gasteiger partial charge on any atom is -0.371 e. The highest BCUT2D eigenvalue weighted by Gasteiger charge is 2.25. The van der Waals surface area contributed by atoms with Gasteiger partial charge in [-0.15, -0.1) is 24.0 Å². The molecule has 1 aliphatic carbocycles. The van der Waals surface area contributed by atoms with E-state index in [1.807, 2.05) is 11.8 Å². The van der Waals surface area contributed by atoms with Crippen LogP contribution in [-0.4, -0.2) is 49.7 Å². The van der Waals surface area contributed by atoms with Crippen LogP contribution < -0.4 is 15.5 Å². The van der Waals surface area contributed by atoms with E-state index in [9.17, 15) is 0 Å². The third-order valence-corrected chi connectivity index (χ3v) is 6.41. The molecule has 1 aromatic carbocycles. The van der Waals surface area contributed by atoms with Crippen LogP contribution in [0.2, 0.25) is 0 Å². The molecule has 0 spiro atoms. The zero-order valence-electron chi connectivity index (χ0n) is 16.0. The summed E-state index contributed by atoms with van der Waals surface area (Å²) in [5.41, 5.74) is 1.34. The number of thioether (sulfide) groups is 1. The SMILES string of the molecule is CCNC(=NCC1CCN(c2ccccc2)C1)NC1CCC(SC)C1.I. The number of hydrogen-bond donors (Lipinski definition) is 2. The van der Waals surface area contributed by atoms with Crippen LogP contribution in [0.4, 0.5) is 5.69 Å². The van der Waals surface area contributed by atoms with Gasteiger partial charge in [0, 0.05) is 43.2 Å². The van der Waals surface area contributed by atoms with Crippen molar-refractivity contribution in [1.29, 1.82) is 0 Å². The molecule has 1 heterocycles. The van der Waals surface area contributed by atoms with Gasteiger partial charge in [0.1, 0.15) is 0 Å². The summed E-state index contributed by atoms with van der Waals surface area (Å²) in [5, 5.41) is 7.90. The van der Waals surface area contributed by atoms with Crippen molar-refractivity contribution in [3.8, 4) is 0 Å². The van der Waals surface area contributed by atoms with Crippen LogP contribution in [0.3, 0.4) is 0 Å². The normalized spacial score (nSPS) is 25.8. The number of guanidine groups is 1. The molecule has 2 N–H and O–H groups in total. The summed E-state index contributed by atoms with van der Waals surface area (Å²) in [7, 11) is 0. The lowest BCUT2D eigenvalue weighted by Gasteiger charge is -2.19. The lowest BCUT2D eigenvalue weighted by atomic mass is 10.1. The summed E-state index contributed by atoms with van der Waals surface area (Å²) in [6, 6.07) is 11.3. The highest BCUT2D eigenvalue weighted by Crippen LogP contribution is 2.28. The van der Waals surface area contributed by atoms with E-state index in [1.165, 1.54) is 31.4 Å². The van der Waals surface area contributed by atoms with Crippen molar-refractivity contribution < 1.29 is 0 Å². The number of nitrogens with zero attached hydrogens (tertiary/aromatic N) is 2. The lowest BCUT2D eigenvalue weighted by Crippen LogP contribution is -2.43. The summed E-state index contributed by atoms with van der Waals surface area (Å²) in [5.74, 6) is 1.66. The highest BCUT2D eigenvalue weighted by atomic mass is 127. The molecule has 1 aliphatic heterocycles. The topological polar surface area (TPSA) is 39.7 Å². The molecule has 4 nitrogen and oxygen atoms in total. The van der Waals surface area contributed by atoms with Gasteiger partial charge in [-0.05, 0) is 56.9 Å². The molecule has 0 amide bonds. The number of hydrogen-bond acceptors (Lipinski definition) is 3. The number of rotatable bonds is 6. The van der Waals surface area contributed by atoms with Gasteiger partial charge in [-0.2, -0.15) is 11.8 Å². The standard InChI is InChI=1S/C20H32N4S.HI/c1-3-21-20(23-17-9-10-19(13-17)25-2)22-14-16-11-12-24(15-16)18-7-5-4-6-8-18;/h4-8,16-17,19H,3,9-15H2,1-2H3,(H2,21,22,23);1H. The zero-order chi connectivity index (χ0) is 17.5. The first-order valence-corrected chi connectivity index (χ1v) is 10.9. The van der Waals surface area contributed by atoms with Crippen molar-refractivity contribution in [2.75, 3.05) is 37.3 Å². The molecule has 1 aromatic rings. The van der Waals surface area contributed by atoms with E-state index in [1.54, 1.807) is 0 Å². The molecule has 0 radical (unpaired) electrons. The number of benzene rings is 1. The Hall–Kier alpha value is -0.630. The Labute approximate surface area is 180 Å². The molecule has 26 heavy (non-hydrogen) atoms. The van der Waals surface area contributed by atoms with Gasteiger partial charge in [-0.3, -0.25) is 4.99 Å². The Kier molecular flexibility index (Phi) is 9.39. The smallest absolute Gasteiger partial charge is 0.191 e. The van der Waals surface area contributed by atoms with Crippen molar-refractivity contribution in [1.82, 2.24) is 10.6 Å². The maximum Gasteiger partial charge on any atom is 0.191 e. The molecule has 1 saturated carbocycles. The molecule has 1 saturated heterocycles. The minimum atomic E-state index is 0. The Morgan fingerprint density at radius 1 is 1.23 bits per heavy atom. The third-order valence-electron chi connectivity index (χ3n) is 5.32. The molecule has 0 aromatic heterocycles. The molecular formula is C20H33IN4S. The van der Waals surface area contributed by atoms with Crippen LogP contribution in [0.15, 0.2) is 35.3 Å². The van der Waals surface area contributed by atoms with E-state index in [4.69, 9.17) is 4.99 Å². The fourth-order valence-corrected chi connectivity index (χ4v) is 4.67. The number of aliphatic imine (C=N–C) groups is 1. The van der Waals surface area contributed by atoms with Crippen LogP contribution in [0.25, 0.3) is 0 Å². The average molecular weight is 488 g/mol. The second-order valence-electron chi connectivity index (χ2n) is 7.17. The van der Waals surface area contributed by atoms with Crippen LogP contribution >= 0.6 is 35.7 Å². The zero-order valence-corrected chi connectivity index (χ0v) is 19.1. The number of anilines is 1. The first-order valence-electron chi connectivity index (χ1n) is 9.66. The van der Waals surface area contributed by atoms with Gasteiger partial charge in [0.05, 0.1) is 0 Å². The first kappa shape index (κ1) is 21.7. The quantitative estimate of drug-likeness (QED) is 0.361. The largest absolute Gasteiger partial charge is 0.371 e. The first-order chi connectivity index (χ1) is 12.3. The summed E-state index contributed by atoms with van der Waals surface area (Å²) in [6.45, 7) is 6.24. The second kappa shape index (κ2) is 11.3. The minimum absolute atomic E-state index is 0. The van der Waals surface area contributed by atoms with Crippen LogP contribution in [0, 0.1) is 5.92 Å². The highest BCUT2D eigenvalue weighted by molar-refractivity contribution is 14.0. The van der Waals surface area contributed by atoms with E-state index in [-0.39, 0.29) is 24.0 Å². The fourth-order valence-electron chi connectivity index (χ4n) is 3.87. The molecule has 2 aliphatic rings. The van der Waals surface area contributed by atoms with Gasteiger partial charge in [0.15, 0.2) is 5.96 Å². The predicted molar refractivity (Wildman–Crippen MR) is 126 cm³/mol. The van der Waals surface area contributed by atoms with Crippen LogP contribution in [0.1, 0.15) is 32.6 Å². The number of halogens is 1. The Morgan fingerprint density at radius 2 is 2.04 bits per heavy atom. The van der Waals surface area contributed by atoms with Crippen molar-refractivity contribution in [3.05, 3.63) is 30.3 Å². The number of para-hydroxylation sites is 1. The average Bonchev–Trinajstić information content (AvgIpc) is 3.30.